The summed E-state index contributed by atoms with van der Waals surface area (Å²) in [5.74, 6) is -1.11. The van der Waals surface area contributed by atoms with Crippen molar-refractivity contribution in [1.82, 2.24) is 5.32 Å². The summed E-state index contributed by atoms with van der Waals surface area (Å²) in [6.07, 6.45) is -0.147. The van der Waals surface area contributed by atoms with Crippen molar-refractivity contribution in [2.24, 2.45) is 16.2 Å². The summed E-state index contributed by atoms with van der Waals surface area (Å²) < 4.78 is 31.2. The fraction of sp³-hybridized carbons (Fsp3) is 0.640. The smallest absolute Gasteiger partial charge is 0.414 e. The fourth-order valence-electron chi connectivity index (χ4n) is 6.36. The first kappa shape index (κ1) is 22.6. The largest absolute Gasteiger partial charge is 0.448 e. The van der Waals surface area contributed by atoms with Gasteiger partial charge in [0.2, 0.25) is 0 Å². The lowest BCUT2D eigenvalue weighted by molar-refractivity contribution is -0.168. The van der Waals surface area contributed by atoms with Gasteiger partial charge in [0.15, 0.2) is 5.60 Å². The van der Waals surface area contributed by atoms with Crippen molar-refractivity contribution >= 4 is 29.3 Å². The SMILES string of the molecule is CC1(C)[C@@]2(C)CC[C@]1(C(=O)NC[C@H]1CN(c3ccc(N4CC5(COC5)C4)c(F)c3)C(=O)O1)OC2=O. The first-order valence-corrected chi connectivity index (χ1v) is 12.1. The average molecular weight is 488 g/mol. The molecule has 6 rings (SSSR count). The summed E-state index contributed by atoms with van der Waals surface area (Å²) in [4.78, 5) is 41.5. The number of amides is 2. The molecule has 4 saturated heterocycles. The van der Waals surface area contributed by atoms with Crippen LogP contribution in [0.2, 0.25) is 0 Å². The Morgan fingerprint density at radius 1 is 1.17 bits per heavy atom. The summed E-state index contributed by atoms with van der Waals surface area (Å²) in [5, 5.41) is 2.83. The van der Waals surface area contributed by atoms with E-state index in [2.05, 4.69) is 5.32 Å². The van der Waals surface area contributed by atoms with Crippen molar-refractivity contribution in [3.05, 3.63) is 24.0 Å². The minimum Gasteiger partial charge on any atom is -0.448 e. The van der Waals surface area contributed by atoms with Gasteiger partial charge in [-0.25, -0.2) is 9.18 Å². The number of fused-ring (bicyclic) bond motifs is 2. The first-order valence-electron chi connectivity index (χ1n) is 12.1. The van der Waals surface area contributed by atoms with Crippen molar-refractivity contribution in [1.29, 1.82) is 0 Å². The Labute approximate surface area is 202 Å². The van der Waals surface area contributed by atoms with Crippen LogP contribution >= 0.6 is 0 Å². The summed E-state index contributed by atoms with van der Waals surface area (Å²) in [7, 11) is 0. The monoisotopic (exact) mass is 487 g/mol. The van der Waals surface area contributed by atoms with E-state index in [1.165, 1.54) is 11.0 Å². The van der Waals surface area contributed by atoms with E-state index in [0.29, 0.717) is 24.2 Å². The molecule has 1 saturated carbocycles. The molecule has 1 N–H and O–H groups in total. The van der Waals surface area contributed by atoms with E-state index in [1.54, 1.807) is 12.1 Å². The van der Waals surface area contributed by atoms with E-state index >= 15 is 0 Å². The van der Waals surface area contributed by atoms with Crippen molar-refractivity contribution in [3.8, 4) is 0 Å². The van der Waals surface area contributed by atoms with Gasteiger partial charge in [0.1, 0.15) is 11.9 Å². The Morgan fingerprint density at radius 2 is 1.91 bits per heavy atom. The van der Waals surface area contributed by atoms with Gasteiger partial charge in [-0.15, -0.1) is 0 Å². The Kier molecular flexibility index (Phi) is 4.57. The highest BCUT2D eigenvalue weighted by Crippen LogP contribution is 2.65. The number of carbonyl (C=O) groups is 3. The van der Waals surface area contributed by atoms with Crippen LogP contribution in [0.4, 0.5) is 20.6 Å². The standard InChI is InChI=1S/C25H30FN3O6/c1-22(2)23(3)6-7-25(22,35-20(23)31)19(30)27-9-16-10-29(21(32)34-16)15-4-5-18(17(26)8-15)28-11-24(12-28)13-33-14-24/h4-5,8,16H,6-7,9-14H2,1-3H3,(H,27,30)/t16-,23-,25+/m0/s1. The molecule has 9 nitrogen and oxygen atoms in total. The van der Waals surface area contributed by atoms with Crippen LogP contribution < -0.4 is 15.1 Å². The molecule has 4 aliphatic heterocycles. The predicted molar refractivity (Wildman–Crippen MR) is 122 cm³/mol. The number of esters is 1. The van der Waals surface area contributed by atoms with E-state index in [4.69, 9.17) is 14.2 Å². The molecule has 1 aromatic rings. The third-order valence-electron chi connectivity index (χ3n) is 9.27. The molecule has 10 heteroatoms. The maximum atomic E-state index is 14.9. The van der Waals surface area contributed by atoms with Crippen LogP contribution in [-0.4, -0.2) is 69.1 Å². The number of carbonyl (C=O) groups excluding carboxylic acids is 3. The minimum atomic E-state index is -1.22. The molecule has 0 unspecified atom stereocenters. The third kappa shape index (κ3) is 2.92. The van der Waals surface area contributed by atoms with Crippen molar-refractivity contribution < 1.29 is 33.0 Å². The van der Waals surface area contributed by atoms with Gasteiger partial charge in [-0.1, -0.05) is 13.8 Å². The van der Waals surface area contributed by atoms with Crippen LogP contribution in [0, 0.1) is 22.1 Å². The molecule has 5 fully saturated rings. The molecule has 2 bridgehead atoms. The second kappa shape index (κ2) is 7.09. The van der Waals surface area contributed by atoms with Gasteiger partial charge in [0, 0.05) is 18.5 Å². The van der Waals surface area contributed by atoms with Crippen LogP contribution in [0.3, 0.4) is 0 Å². The Bertz CT molecular complexity index is 1130. The van der Waals surface area contributed by atoms with Crippen molar-refractivity contribution in [2.75, 3.05) is 49.2 Å². The molecule has 5 aliphatic rings. The van der Waals surface area contributed by atoms with Crippen molar-refractivity contribution in [3.63, 3.8) is 0 Å². The molecule has 4 heterocycles. The van der Waals surface area contributed by atoms with Crippen molar-refractivity contribution in [2.45, 2.75) is 45.3 Å². The average Bonchev–Trinajstić information content (AvgIpc) is 3.27. The molecule has 1 spiro atoms. The van der Waals surface area contributed by atoms with Gasteiger partial charge in [0.25, 0.3) is 5.91 Å². The number of anilines is 2. The lowest BCUT2D eigenvalue weighted by Crippen LogP contribution is -2.66. The number of cyclic esters (lactones) is 1. The van der Waals surface area contributed by atoms with Gasteiger partial charge in [-0.05, 0) is 38.0 Å². The van der Waals surface area contributed by atoms with E-state index in [1.807, 2.05) is 25.7 Å². The van der Waals surface area contributed by atoms with E-state index in [-0.39, 0.29) is 30.4 Å². The van der Waals surface area contributed by atoms with Gasteiger partial charge in [-0.2, -0.15) is 0 Å². The second-order valence-electron chi connectivity index (χ2n) is 11.5. The highest BCUT2D eigenvalue weighted by molar-refractivity contribution is 5.96. The predicted octanol–water partition coefficient (Wildman–Crippen LogP) is 2.23. The topological polar surface area (TPSA) is 97.4 Å². The number of ether oxygens (including phenoxy) is 3. The van der Waals surface area contributed by atoms with E-state index < -0.39 is 34.4 Å². The molecule has 1 aliphatic carbocycles. The Balaban J connectivity index is 1.09. The molecule has 188 valence electrons. The highest BCUT2D eigenvalue weighted by atomic mass is 19.1. The van der Waals surface area contributed by atoms with Gasteiger partial charge in [0.05, 0.1) is 48.5 Å². The zero-order valence-electron chi connectivity index (χ0n) is 20.2. The lowest BCUT2D eigenvalue weighted by Gasteiger charge is -2.56. The van der Waals surface area contributed by atoms with E-state index in [0.717, 1.165) is 26.3 Å². The molecular formula is C25H30FN3O6. The first-order chi connectivity index (χ1) is 16.5. The summed E-state index contributed by atoms with van der Waals surface area (Å²) >= 11 is 0. The zero-order valence-corrected chi connectivity index (χ0v) is 20.2. The van der Waals surface area contributed by atoms with Crippen LogP contribution in [0.5, 0.6) is 0 Å². The second-order valence-corrected chi connectivity index (χ2v) is 11.5. The van der Waals surface area contributed by atoms with Gasteiger partial charge < -0.3 is 24.4 Å². The molecular weight excluding hydrogens is 457 g/mol. The maximum Gasteiger partial charge on any atom is 0.414 e. The third-order valence-corrected chi connectivity index (χ3v) is 9.27. The summed E-state index contributed by atoms with van der Waals surface area (Å²) in [6.45, 7) is 8.86. The minimum absolute atomic E-state index is 0.0751. The fourth-order valence-corrected chi connectivity index (χ4v) is 6.36. The molecule has 0 aromatic heterocycles. The summed E-state index contributed by atoms with van der Waals surface area (Å²) in [5.41, 5.74) is -1.48. The van der Waals surface area contributed by atoms with E-state index in [9.17, 15) is 18.8 Å². The number of nitrogens with one attached hydrogen (secondary N) is 1. The molecule has 35 heavy (non-hydrogen) atoms. The highest BCUT2D eigenvalue weighted by Gasteiger charge is 2.75. The van der Waals surface area contributed by atoms with Gasteiger partial charge >= 0.3 is 12.1 Å². The Hall–Kier alpha value is -2.88. The molecule has 0 radical (unpaired) electrons. The normalized spacial score (nSPS) is 33.9. The molecule has 3 atom stereocenters. The number of benzene rings is 1. The van der Waals surface area contributed by atoms with Crippen LogP contribution in [0.15, 0.2) is 18.2 Å². The number of halogens is 1. The maximum absolute atomic E-state index is 14.9. The number of hydrogen-bond donors (Lipinski definition) is 1. The quantitative estimate of drug-likeness (QED) is 0.636. The Morgan fingerprint density at radius 3 is 2.49 bits per heavy atom. The van der Waals surface area contributed by atoms with Crippen LogP contribution in [0.25, 0.3) is 0 Å². The number of nitrogens with zero attached hydrogens (tertiary/aromatic N) is 2. The zero-order chi connectivity index (χ0) is 24.8. The number of hydrogen-bond acceptors (Lipinski definition) is 7. The molecule has 1 aromatic carbocycles. The van der Waals surface area contributed by atoms with Gasteiger partial charge in [-0.3, -0.25) is 14.5 Å². The molecule has 2 amide bonds. The summed E-state index contributed by atoms with van der Waals surface area (Å²) in [6, 6.07) is 4.74. The number of rotatable bonds is 5. The van der Waals surface area contributed by atoms with Crippen LogP contribution in [-0.2, 0) is 23.8 Å². The lowest BCUT2D eigenvalue weighted by atomic mass is 9.66. The van der Waals surface area contributed by atoms with Crippen LogP contribution in [0.1, 0.15) is 33.6 Å².